The normalized spacial score (nSPS) is 27.0. The van der Waals surface area contributed by atoms with E-state index in [9.17, 15) is 9.90 Å². The van der Waals surface area contributed by atoms with Gasteiger partial charge in [-0.2, -0.15) is 0 Å². The minimum absolute atomic E-state index is 0. The van der Waals surface area contributed by atoms with Crippen molar-refractivity contribution < 1.29 is 9.90 Å². The highest BCUT2D eigenvalue weighted by Crippen LogP contribution is 2.30. The van der Waals surface area contributed by atoms with Crippen molar-refractivity contribution in [2.45, 2.75) is 57.2 Å². The van der Waals surface area contributed by atoms with Crippen LogP contribution in [0.15, 0.2) is 30.3 Å². The lowest BCUT2D eigenvalue weighted by atomic mass is 9.82. The number of halogens is 1. The Balaban J connectivity index is 0.00000208. The van der Waals surface area contributed by atoms with Crippen LogP contribution in [-0.2, 0) is 11.3 Å². The Morgan fingerprint density at radius 2 is 1.88 bits per heavy atom. The van der Waals surface area contributed by atoms with Crippen LogP contribution in [0.25, 0.3) is 0 Å². The molecular weight excluding hydrogens is 324 g/mol. The van der Waals surface area contributed by atoms with Gasteiger partial charge in [-0.3, -0.25) is 4.79 Å². The van der Waals surface area contributed by atoms with Crippen molar-refractivity contribution in [1.29, 1.82) is 0 Å². The molecule has 0 saturated heterocycles. The van der Waals surface area contributed by atoms with E-state index >= 15 is 0 Å². The number of nitrogens with zero attached hydrogens (tertiary/aromatic N) is 1. The van der Waals surface area contributed by atoms with Crippen LogP contribution in [-0.4, -0.2) is 34.6 Å². The van der Waals surface area contributed by atoms with Crippen molar-refractivity contribution >= 4 is 18.3 Å². The minimum atomic E-state index is -0.451. The number of nitrogens with two attached hydrogens (primary N) is 1. The first-order valence-electron chi connectivity index (χ1n) is 8.90. The van der Waals surface area contributed by atoms with E-state index in [0.29, 0.717) is 25.3 Å². The number of amides is 1. The fraction of sp³-hybridized carbons (Fsp3) is 0.632. The third kappa shape index (κ3) is 4.71. The predicted molar refractivity (Wildman–Crippen MR) is 97.8 cm³/mol. The van der Waals surface area contributed by atoms with Gasteiger partial charge in [0.25, 0.3) is 0 Å². The third-order valence-corrected chi connectivity index (χ3v) is 5.44. The van der Waals surface area contributed by atoms with E-state index in [1.807, 2.05) is 23.1 Å². The average Bonchev–Trinajstić information content (AvgIpc) is 2.52. The zero-order valence-corrected chi connectivity index (χ0v) is 15.0. The van der Waals surface area contributed by atoms with Crippen LogP contribution in [0.2, 0.25) is 0 Å². The lowest BCUT2D eigenvalue weighted by Gasteiger charge is -2.37. The van der Waals surface area contributed by atoms with E-state index in [-0.39, 0.29) is 30.3 Å². The molecule has 0 spiro atoms. The number of hydrogen-bond donors (Lipinski definition) is 2. The molecule has 2 saturated carbocycles. The highest BCUT2D eigenvalue weighted by molar-refractivity contribution is 5.85. The summed E-state index contributed by atoms with van der Waals surface area (Å²) in [6.07, 6.45) is 5.31. The van der Waals surface area contributed by atoms with Crippen molar-refractivity contribution in [1.82, 2.24) is 4.90 Å². The molecule has 1 amide bonds. The monoisotopic (exact) mass is 352 g/mol. The molecule has 24 heavy (non-hydrogen) atoms. The van der Waals surface area contributed by atoms with Gasteiger partial charge in [-0.15, -0.1) is 12.4 Å². The second-order valence-electron chi connectivity index (χ2n) is 7.24. The molecule has 0 radical (unpaired) electrons. The lowest BCUT2D eigenvalue weighted by molar-refractivity contribution is -0.139. The van der Waals surface area contributed by atoms with Gasteiger partial charge in [0.15, 0.2) is 0 Å². The Morgan fingerprint density at radius 1 is 1.17 bits per heavy atom. The van der Waals surface area contributed by atoms with Crippen LogP contribution in [0.1, 0.15) is 44.1 Å². The third-order valence-electron chi connectivity index (χ3n) is 5.44. The molecule has 0 unspecified atom stereocenters. The molecule has 3 rings (SSSR count). The zero-order chi connectivity index (χ0) is 16.2. The van der Waals surface area contributed by atoms with Gasteiger partial charge in [0.05, 0.1) is 6.10 Å². The molecular formula is C19H29ClN2O2. The minimum Gasteiger partial charge on any atom is -0.392 e. The summed E-state index contributed by atoms with van der Waals surface area (Å²) in [6, 6.07) is 9.94. The van der Waals surface area contributed by atoms with E-state index in [1.165, 1.54) is 24.8 Å². The lowest BCUT2D eigenvalue weighted by Crippen LogP contribution is -2.47. The molecule has 0 bridgehead atoms. The number of hydrogen-bond acceptors (Lipinski definition) is 3. The van der Waals surface area contributed by atoms with Gasteiger partial charge in [0, 0.05) is 25.0 Å². The van der Waals surface area contributed by atoms with E-state index in [4.69, 9.17) is 5.73 Å². The first kappa shape index (κ1) is 19.2. The summed E-state index contributed by atoms with van der Waals surface area (Å²) < 4.78 is 0. The summed E-state index contributed by atoms with van der Waals surface area (Å²) in [6.45, 7) is 1.55. The van der Waals surface area contributed by atoms with Crippen LogP contribution >= 0.6 is 12.4 Å². The molecule has 0 aromatic heterocycles. The van der Waals surface area contributed by atoms with Crippen LogP contribution in [0, 0.1) is 11.8 Å². The molecule has 3 atom stereocenters. The fourth-order valence-electron chi connectivity index (χ4n) is 3.70. The molecule has 2 aliphatic rings. The van der Waals surface area contributed by atoms with E-state index in [1.54, 1.807) is 0 Å². The first-order valence-corrected chi connectivity index (χ1v) is 8.90. The maximum atomic E-state index is 13.0. The van der Waals surface area contributed by atoms with E-state index in [0.717, 1.165) is 13.0 Å². The molecule has 3 N–H and O–H groups in total. The molecule has 2 aliphatic carbocycles. The van der Waals surface area contributed by atoms with E-state index in [2.05, 4.69) is 12.1 Å². The molecule has 0 heterocycles. The maximum absolute atomic E-state index is 13.0. The molecule has 2 fully saturated rings. The van der Waals surface area contributed by atoms with Crippen molar-refractivity contribution in [2.75, 3.05) is 6.54 Å². The van der Waals surface area contributed by atoms with Crippen molar-refractivity contribution in [3.05, 3.63) is 35.9 Å². The van der Waals surface area contributed by atoms with Gasteiger partial charge in [-0.05, 0) is 43.6 Å². The summed E-state index contributed by atoms with van der Waals surface area (Å²) in [7, 11) is 0. The van der Waals surface area contributed by atoms with Gasteiger partial charge in [0.2, 0.25) is 5.91 Å². The van der Waals surface area contributed by atoms with Crippen LogP contribution < -0.4 is 5.73 Å². The highest BCUT2D eigenvalue weighted by atomic mass is 35.5. The van der Waals surface area contributed by atoms with Gasteiger partial charge < -0.3 is 15.7 Å². The second kappa shape index (κ2) is 8.84. The zero-order valence-electron chi connectivity index (χ0n) is 14.1. The number of rotatable bonds is 5. The topological polar surface area (TPSA) is 66.6 Å². The number of carbonyl (C=O) groups is 1. The fourth-order valence-corrected chi connectivity index (χ4v) is 3.70. The van der Waals surface area contributed by atoms with Crippen LogP contribution in [0.3, 0.4) is 0 Å². The first-order chi connectivity index (χ1) is 11.1. The van der Waals surface area contributed by atoms with Crippen molar-refractivity contribution in [2.24, 2.45) is 17.6 Å². The smallest absolute Gasteiger partial charge is 0.226 e. The molecule has 134 valence electrons. The summed E-state index contributed by atoms with van der Waals surface area (Å²) in [5.41, 5.74) is 7.16. The highest BCUT2D eigenvalue weighted by Gasteiger charge is 2.34. The largest absolute Gasteiger partial charge is 0.392 e. The standard InChI is InChI=1S/C19H28N2O2.ClH/c20-17-11-16(9-10-18(17)22)19(23)21(13-15-7-4-8-15)12-14-5-2-1-3-6-14;/h1-3,5-6,15-18,22H,4,7-13,20H2;1H/t16-,17+,18+;/m0./s1. The van der Waals surface area contributed by atoms with Crippen LogP contribution in [0.5, 0.6) is 0 Å². The summed E-state index contributed by atoms with van der Waals surface area (Å²) in [5, 5.41) is 9.79. The predicted octanol–water partition coefficient (Wildman–Crippen LogP) is 2.73. The Morgan fingerprint density at radius 3 is 2.46 bits per heavy atom. The Hall–Kier alpha value is -1.10. The van der Waals surface area contributed by atoms with Gasteiger partial charge >= 0.3 is 0 Å². The maximum Gasteiger partial charge on any atom is 0.226 e. The Bertz CT molecular complexity index is 521. The Labute approximate surface area is 150 Å². The summed E-state index contributed by atoms with van der Waals surface area (Å²) >= 11 is 0. The quantitative estimate of drug-likeness (QED) is 0.856. The second-order valence-corrected chi connectivity index (χ2v) is 7.24. The van der Waals surface area contributed by atoms with Crippen molar-refractivity contribution in [3.63, 3.8) is 0 Å². The number of carbonyl (C=O) groups excluding carboxylic acids is 1. The summed E-state index contributed by atoms with van der Waals surface area (Å²) in [5.74, 6) is 0.853. The summed E-state index contributed by atoms with van der Waals surface area (Å²) in [4.78, 5) is 15.1. The Kier molecular flexibility index (Phi) is 7.08. The van der Waals surface area contributed by atoms with Gasteiger partial charge in [-0.1, -0.05) is 36.8 Å². The molecule has 1 aromatic carbocycles. The molecule has 1 aromatic rings. The van der Waals surface area contributed by atoms with Gasteiger partial charge in [-0.25, -0.2) is 0 Å². The molecule has 0 aliphatic heterocycles. The molecule has 4 nitrogen and oxygen atoms in total. The van der Waals surface area contributed by atoms with Gasteiger partial charge in [0.1, 0.15) is 0 Å². The van der Waals surface area contributed by atoms with Crippen molar-refractivity contribution in [3.8, 4) is 0 Å². The number of aliphatic hydroxyl groups is 1. The molecule has 5 heteroatoms. The van der Waals surface area contributed by atoms with E-state index < -0.39 is 6.10 Å². The SMILES string of the molecule is Cl.N[C@@H]1C[C@@H](C(=O)N(Cc2ccccc2)CC2CCC2)CC[C@H]1O. The number of aliphatic hydroxyl groups excluding tert-OH is 1. The number of benzene rings is 1. The average molecular weight is 353 g/mol. The van der Waals surface area contributed by atoms with Crippen LogP contribution in [0.4, 0.5) is 0 Å².